The SMILES string of the molecule is CCOc1ccc2oc(C(=O)N3CCN(C4CCS(=O)(=O)C4)CC3)c(C)c2c1. The van der Waals surface area contributed by atoms with Crippen molar-refractivity contribution < 1.29 is 22.4 Å². The molecule has 1 unspecified atom stereocenters. The van der Waals surface area contributed by atoms with E-state index in [1.165, 1.54) is 0 Å². The molecule has 2 aliphatic rings. The number of aryl methyl sites for hydroxylation is 1. The van der Waals surface area contributed by atoms with Crippen LogP contribution in [0.2, 0.25) is 0 Å². The van der Waals surface area contributed by atoms with Crippen molar-refractivity contribution in [1.29, 1.82) is 0 Å². The van der Waals surface area contributed by atoms with Gasteiger partial charge in [0, 0.05) is 43.2 Å². The van der Waals surface area contributed by atoms with E-state index in [4.69, 9.17) is 9.15 Å². The van der Waals surface area contributed by atoms with Crippen molar-refractivity contribution in [3.63, 3.8) is 0 Å². The Morgan fingerprint density at radius 1 is 1.25 bits per heavy atom. The van der Waals surface area contributed by atoms with Crippen LogP contribution in [0.5, 0.6) is 5.75 Å². The summed E-state index contributed by atoms with van der Waals surface area (Å²) in [5.74, 6) is 1.55. The average Bonchev–Trinajstić information content (AvgIpc) is 3.21. The lowest BCUT2D eigenvalue weighted by Gasteiger charge is -2.37. The summed E-state index contributed by atoms with van der Waals surface area (Å²) in [7, 11) is -2.89. The monoisotopic (exact) mass is 406 g/mol. The van der Waals surface area contributed by atoms with Crippen LogP contribution >= 0.6 is 0 Å². The molecule has 28 heavy (non-hydrogen) atoms. The molecule has 4 rings (SSSR count). The van der Waals surface area contributed by atoms with Gasteiger partial charge >= 0.3 is 0 Å². The molecule has 0 aliphatic carbocycles. The van der Waals surface area contributed by atoms with Crippen molar-refractivity contribution in [2.24, 2.45) is 0 Å². The van der Waals surface area contributed by atoms with E-state index in [9.17, 15) is 13.2 Å². The van der Waals surface area contributed by atoms with E-state index < -0.39 is 9.84 Å². The van der Waals surface area contributed by atoms with Gasteiger partial charge in [-0.1, -0.05) is 0 Å². The molecule has 2 aliphatic heterocycles. The van der Waals surface area contributed by atoms with E-state index in [-0.39, 0.29) is 23.5 Å². The Morgan fingerprint density at radius 2 is 2.00 bits per heavy atom. The van der Waals surface area contributed by atoms with Crippen LogP contribution in [0.4, 0.5) is 0 Å². The number of carbonyl (C=O) groups is 1. The Morgan fingerprint density at radius 3 is 2.64 bits per heavy atom. The molecule has 8 heteroatoms. The second kappa shape index (κ2) is 7.40. The molecule has 2 aromatic rings. The van der Waals surface area contributed by atoms with Crippen molar-refractivity contribution in [3.05, 3.63) is 29.5 Å². The van der Waals surface area contributed by atoms with Gasteiger partial charge < -0.3 is 14.1 Å². The van der Waals surface area contributed by atoms with Gasteiger partial charge in [0.2, 0.25) is 0 Å². The lowest BCUT2D eigenvalue weighted by Crippen LogP contribution is -2.52. The highest BCUT2D eigenvalue weighted by atomic mass is 32.2. The number of rotatable bonds is 4. The lowest BCUT2D eigenvalue weighted by atomic mass is 10.1. The number of fused-ring (bicyclic) bond motifs is 1. The van der Waals surface area contributed by atoms with E-state index in [2.05, 4.69) is 4.90 Å². The van der Waals surface area contributed by atoms with E-state index in [1.54, 1.807) is 4.90 Å². The van der Waals surface area contributed by atoms with Crippen LogP contribution in [0.15, 0.2) is 22.6 Å². The summed E-state index contributed by atoms with van der Waals surface area (Å²) in [5.41, 5.74) is 1.50. The number of sulfone groups is 1. The summed E-state index contributed by atoms with van der Waals surface area (Å²) < 4.78 is 34.8. The Hall–Kier alpha value is -2.06. The number of benzene rings is 1. The highest BCUT2D eigenvalue weighted by Gasteiger charge is 2.35. The van der Waals surface area contributed by atoms with Crippen LogP contribution in [0.25, 0.3) is 11.0 Å². The molecule has 0 spiro atoms. The first-order valence-corrected chi connectivity index (χ1v) is 11.6. The average molecular weight is 407 g/mol. The first-order chi connectivity index (χ1) is 13.4. The smallest absolute Gasteiger partial charge is 0.289 e. The number of nitrogens with zero attached hydrogens (tertiary/aromatic N) is 2. The first-order valence-electron chi connectivity index (χ1n) is 9.77. The van der Waals surface area contributed by atoms with Crippen molar-refractivity contribution in [2.45, 2.75) is 26.3 Å². The second-order valence-electron chi connectivity index (χ2n) is 7.53. The molecule has 1 aromatic carbocycles. The molecule has 2 saturated heterocycles. The minimum Gasteiger partial charge on any atom is -0.494 e. The molecule has 1 atom stereocenters. The van der Waals surface area contributed by atoms with E-state index in [0.717, 1.165) is 16.7 Å². The third-order valence-electron chi connectivity index (χ3n) is 5.74. The molecule has 1 amide bonds. The van der Waals surface area contributed by atoms with Crippen LogP contribution in [0.1, 0.15) is 29.5 Å². The van der Waals surface area contributed by atoms with Crippen molar-refractivity contribution in [1.82, 2.24) is 9.80 Å². The number of ether oxygens (including phenoxy) is 1. The Bertz CT molecular complexity index is 989. The van der Waals surface area contributed by atoms with Crippen molar-refractivity contribution >= 4 is 26.7 Å². The van der Waals surface area contributed by atoms with Gasteiger partial charge in [0.05, 0.1) is 18.1 Å². The topological polar surface area (TPSA) is 80.1 Å². The van der Waals surface area contributed by atoms with E-state index in [1.807, 2.05) is 32.0 Å². The third kappa shape index (κ3) is 3.63. The summed E-state index contributed by atoms with van der Waals surface area (Å²) in [4.78, 5) is 17.0. The number of hydrogen-bond acceptors (Lipinski definition) is 6. The molecule has 0 bridgehead atoms. The standard InChI is InChI=1S/C20H26N2O5S/c1-3-26-16-4-5-18-17(12-16)14(2)19(27-18)20(23)22-9-7-21(8-10-22)15-6-11-28(24,25)13-15/h4-5,12,15H,3,6-11,13H2,1-2H3. The fraction of sp³-hybridized carbons (Fsp3) is 0.550. The molecule has 3 heterocycles. The molecule has 0 saturated carbocycles. The summed E-state index contributed by atoms with van der Waals surface area (Å²) in [6, 6.07) is 5.68. The summed E-state index contributed by atoms with van der Waals surface area (Å²) in [6.07, 6.45) is 0.696. The van der Waals surface area contributed by atoms with E-state index >= 15 is 0 Å². The largest absolute Gasteiger partial charge is 0.494 e. The van der Waals surface area contributed by atoms with Gasteiger partial charge in [0.25, 0.3) is 5.91 Å². The van der Waals surface area contributed by atoms with Gasteiger partial charge in [0.1, 0.15) is 11.3 Å². The Kier molecular flexibility index (Phi) is 5.09. The number of furan rings is 1. The molecular formula is C20H26N2O5S. The lowest BCUT2D eigenvalue weighted by molar-refractivity contribution is 0.0560. The van der Waals surface area contributed by atoms with Crippen molar-refractivity contribution in [3.8, 4) is 5.75 Å². The maximum Gasteiger partial charge on any atom is 0.289 e. The molecule has 152 valence electrons. The maximum atomic E-state index is 13.0. The predicted octanol–water partition coefficient (Wildman–Crippen LogP) is 2.08. The number of carbonyl (C=O) groups excluding carboxylic acids is 1. The minimum absolute atomic E-state index is 0.0900. The Labute approximate surface area is 165 Å². The van der Waals surface area contributed by atoms with Gasteiger partial charge in [-0.05, 0) is 38.5 Å². The van der Waals surface area contributed by atoms with Gasteiger partial charge in [-0.15, -0.1) is 0 Å². The number of amides is 1. The van der Waals surface area contributed by atoms with Crippen LogP contribution in [0.3, 0.4) is 0 Å². The minimum atomic E-state index is -2.89. The highest BCUT2D eigenvalue weighted by Crippen LogP contribution is 2.30. The summed E-state index contributed by atoms with van der Waals surface area (Å²) in [5, 5.41) is 0.893. The van der Waals surface area contributed by atoms with Crippen LogP contribution < -0.4 is 4.74 Å². The normalized spacial score (nSPS) is 22.6. The molecule has 1 aromatic heterocycles. The van der Waals surface area contributed by atoms with Gasteiger partial charge in [0.15, 0.2) is 15.6 Å². The zero-order chi connectivity index (χ0) is 19.9. The van der Waals surface area contributed by atoms with Crippen LogP contribution in [-0.4, -0.2) is 74.5 Å². The highest BCUT2D eigenvalue weighted by molar-refractivity contribution is 7.91. The molecular weight excluding hydrogens is 380 g/mol. The van der Waals surface area contributed by atoms with E-state index in [0.29, 0.717) is 50.5 Å². The quantitative estimate of drug-likeness (QED) is 0.774. The van der Waals surface area contributed by atoms with Gasteiger partial charge in [-0.3, -0.25) is 9.69 Å². The fourth-order valence-corrected chi connectivity index (χ4v) is 5.92. The van der Waals surface area contributed by atoms with Crippen LogP contribution in [-0.2, 0) is 9.84 Å². The van der Waals surface area contributed by atoms with Crippen molar-refractivity contribution in [2.75, 3.05) is 44.3 Å². The van der Waals surface area contributed by atoms with Gasteiger partial charge in [-0.25, -0.2) is 8.42 Å². The third-order valence-corrected chi connectivity index (χ3v) is 7.49. The first kappa shape index (κ1) is 19.3. The number of piperazine rings is 1. The summed E-state index contributed by atoms with van der Waals surface area (Å²) >= 11 is 0. The molecule has 0 radical (unpaired) electrons. The zero-order valence-corrected chi connectivity index (χ0v) is 17.1. The number of hydrogen-bond donors (Lipinski definition) is 0. The fourth-order valence-electron chi connectivity index (χ4n) is 4.16. The predicted molar refractivity (Wildman–Crippen MR) is 107 cm³/mol. The molecule has 2 fully saturated rings. The molecule has 0 N–H and O–H groups in total. The second-order valence-corrected chi connectivity index (χ2v) is 9.76. The Balaban J connectivity index is 1.46. The van der Waals surface area contributed by atoms with Gasteiger partial charge in [-0.2, -0.15) is 0 Å². The maximum absolute atomic E-state index is 13.0. The zero-order valence-electron chi connectivity index (χ0n) is 16.3. The van der Waals surface area contributed by atoms with Crippen LogP contribution in [0, 0.1) is 6.92 Å². The molecule has 7 nitrogen and oxygen atoms in total. The summed E-state index contributed by atoms with van der Waals surface area (Å²) in [6.45, 7) is 6.96.